The molecule has 0 radical (unpaired) electrons. The molecule has 0 saturated carbocycles. The fraction of sp³-hybridized carbons (Fsp3) is 0.455. The van der Waals surface area contributed by atoms with Crippen LogP contribution in [0.1, 0.15) is 30.6 Å². The largest absolute Gasteiger partial charge is 0.394 e. The molecular formula is C11H15BrN2O2. The van der Waals surface area contributed by atoms with Gasteiger partial charge in [0.1, 0.15) is 0 Å². The number of carbonyl (C=O) groups is 1. The van der Waals surface area contributed by atoms with E-state index in [0.717, 1.165) is 4.47 Å². The fourth-order valence-corrected chi connectivity index (χ4v) is 1.49. The molecule has 0 saturated heterocycles. The van der Waals surface area contributed by atoms with E-state index in [1.807, 2.05) is 6.92 Å². The fourth-order valence-electron chi connectivity index (χ4n) is 1.12. The van der Waals surface area contributed by atoms with Crippen LogP contribution < -0.4 is 5.32 Å². The van der Waals surface area contributed by atoms with Crippen molar-refractivity contribution < 1.29 is 9.90 Å². The number of nitrogens with one attached hydrogen (secondary N) is 1. The van der Waals surface area contributed by atoms with E-state index in [4.69, 9.17) is 0 Å². The Labute approximate surface area is 103 Å². The van der Waals surface area contributed by atoms with Crippen LogP contribution in [-0.2, 0) is 0 Å². The summed E-state index contributed by atoms with van der Waals surface area (Å²) in [5.41, 5.74) is -0.109. The topological polar surface area (TPSA) is 62.2 Å². The van der Waals surface area contributed by atoms with Crippen molar-refractivity contribution in [1.82, 2.24) is 10.3 Å². The van der Waals surface area contributed by atoms with Crippen molar-refractivity contribution in [2.75, 3.05) is 6.61 Å². The second-order valence-corrected chi connectivity index (χ2v) is 4.83. The zero-order valence-electron chi connectivity index (χ0n) is 9.33. The van der Waals surface area contributed by atoms with Crippen LogP contribution in [0.25, 0.3) is 0 Å². The van der Waals surface area contributed by atoms with Gasteiger partial charge in [0.25, 0.3) is 5.91 Å². The van der Waals surface area contributed by atoms with Gasteiger partial charge in [-0.3, -0.25) is 9.78 Å². The van der Waals surface area contributed by atoms with Gasteiger partial charge in [-0.05, 0) is 35.3 Å². The number of aliphatic hydroxyl groups is 1. The van der Waals surface area contributed by atoms with E-state index in [1.54, 1.807) is 19.2 Å². The molecule has 0 spiro atoms. The number of nitrogens with zero attached hydrogens (tertiary/aromatic N) is 1. The average molecular weight is 287 g/mol. The zero-order valence-corrected chi connectivity index (χ0v) is 10.9. The van der Waals surface area contributed by atoms with Gasteiger partial charge < -0.3 is 10.4 Å². The molecule has 1 aromatic heterocycles. The van der Waals surface area contributed by atoms with E-state index < -0.39 is 5.54 Å². The number of amides is 1. The van der Waals surface area contributed by atoms with Gasteiger partial charge in [-0.25, -0.2) is 0 Å². The van der Waals surface area contributed by atoms with E-state index in [0.29, 0.717) is 12.0 Å². The van der Waals surface area contributed by atoms with Crippen molar-refractivity contribution in [3.63, 3.8) is 0 Å². The van der Waals surface area contributed by atoms with E-state index >= 15 is 0 Å². The molecule has 1 rings (SSSR count). The van der Waals surface area contributed by atoms with Gasteiger partial charge in [-0.1, -0.05) is 6.92 Å². The summed E-state index contributed by atoms with van der Waals surface area (Å²) in [7, 11) is 0. The molecule has 5 heteroatoms. The normalized spacial score (nSPS) is 14.2. The predicted octanol–water partition coefficient (Wildman–Crippen LogP) is 1.73. The Balaban J connectivity index is 2.80. The lowest BCUT2D eigenvalue weighted by Crippen LogP contribution is -2.48. The molecule has 0 aromatic carbocycles. The quantitative estimate of drug-likeness (QED) is 0.886. The highest BCUT2D eigenvalue weighted by Gasteiger charge is 2.23. The summed E-state index contributed by atoms with van der Waals surface area (Å²) in [6.07, 6.45) is 3.77. The van der Waals surface area contributed by atoms with Crippen LogP contribution in [-0.4, -0.2) is 28.1 Å². The summed E-state index contributed by atoms with van der Waals surface area (Å²) in [5, 5.41) is 12.0. The standard InChI is InChI=1S/C11H15BrN2O2/c1-3-11(2,7-15)14-10(16)8-4-9(12)6-13-5-8/h4-6,15H,3,7H2,1-2H3,(H,14,16). The van der Waals surface area contributed by atoms with Gasteiger partial charge in [-0.2, -0.15) is 0 Å². The Morgan fingerprint density at radius 1 is 1.62 bits per heavy atom. The third-order valence-corrected chi connectivity index (χ3v) is 2.95. The third-order valence-electron chi connectivity index (χ3n) is 2.51. The molecule has 0 aliphatic heterocycles. The lowest BCUT2D eigenvalue weighted by atomic mass is 10.00. The van der Waals surface area contributed by atoms with Gasteiger partial charge in [0.2, 0.25) is 0 Å². The Kier molecular flexibility index (Phi) is 4.44. The minimum Gasteiger partial charge on any atom is -0.394 e. The number of pyridine rings is 1. The molecule has 0 aliphatic rings. The lowest BCUT2D eigenvalue weighted by Gasteiger charge is -2.27. The Morgan fingerprint density at radius 2 is 2.31 bits per heavy atom. The molecule has 4 nitrogen and oxygen atoms in total. The number of aromatic nitrogens is 1. The van der Waals surface area contributed by atoms with Crippen LogP contribution >= 0.6 is 15.9 Å². The minimum absolute atomic E-state index is 0.0866. The maximum Gasteiger partial charge on any atom is 0.253 e. The average Bonchev–Trinajstić information content (AvgIpc) is 2.29. The Hall–Kier alpha value is -0.940. The van der Waals surface area contributed by atoms with Crippen molar-refractivity contribution in [3.05, 3.63) is 28.5 Å². The van der Waals surface area contributed by atoms with Crippen molar-refractivity contribution in [1.29, 1.82) is 0 Å². The number of halogens is 1. The van der Waals surface area contributed by atoms with Gasteiger partial charge in [0, 0.05) is 16.9 Å². The summed E-state index contributed by atoms with van der Waals surface area (Å²) >= 11 is 3.25. The predicted molar refractivity (Wildman–Crippen MR) is 65.2 cm³/mol. The molecule has 1 aromatic rings. The number of hydrogen-bond acceptors (Lipinski definition) is 3. The highest BCUT2D eigenvalue weighted by atomic mass is 79.9. The van der Waals surface area contributed by atoms with E-state index in [2.05, 4.69) is 26.2 Å². The monoisotopic (exact) mass is 286 g/mol. The molecule has 1 unspecified atom stereocenters. The molecule has 2 N–H and O–H groups in total. The van der Waals surface area contributed by atoms with Gasteiger partial charge in [0.15, 0.2) is 0 Å². The van der Waals surface area contributed by atoms with Crippen LogP contribution in [0.4, 0.5) is 0 Å². The number of carbonyl (C=O) groups excluding carboxylic acids is 1. The first kappa shape index (κ1) is 13.1. The van der Waals surface area contributed by atoms with E-state index in [-0.39, 0.29) is 12.5 Å². The van der Waals surface area contributed by atoms with Crippen LogP contribution in [0, 0.1) is 0 Å². The number of rotatable bonds is 4. The SMILES string of the molecule is CCC(C)(CO)NC(=O)c1cncc(Br)c1. The van der Waals surface area contributed by atoms with Gasteiger partial charge in [-0.15, -0.1) is 0 Å². The summed E-state index contributed by atoms with van der Waals surface area (Å²) in [6.45, 7) is 3.63. The van der Waals surface area contributed by atoms with Crippen LogP contribution in [0.15, 0.2) is 22.9 Å². The zero-order chi connectivity index (χ0) is 12.2. The highest BCUT2D eigenvalue weighted by Crippen LogP contribution is 2.12. The van der Waals surface area contributed by atoms with Crippen molar-refractivity contribution in [3.8, 4) is 0 Å². The summed E-state index contributed by atoms with van der Waals surface area (Å²) in [4.78, 5) is 15.8. The van der Waals surface area contributed by atoms with Gasteiger partial charge >= 0.3 is 0 Å². The molecule has 16 heavy (non-hydrogen) atoms. The smallest absolute Gasteiger partial charge is 0.253 e. The van der Waals surface area contributed by atoms with Crippen molar-refractivity contribution in [2.45, 2.75) is 25.8 Å². The second-order valence-electron chi connectivity index (χ2n) is 3.92. The highest BCUT2D eigenvalue weighted by molar-refractivity contribution is 9.10. The summed E-state index contributed by atoms with van der Waals surface area (Å²) in [6, 6.07) is 1.69. The van der Waals surface area contributed by atoms with E-state index in [1.165, 1.54) is 6.20 Å². The van der Waals surface area contributed by atoms with Crippen molar-refractivity contribution in [2.24, 2.45) is 0 Å². The molecule has 1 atom stereocenters. The molecule has 1 amide bonds. The maximum atomic E-state index is 11.8. The van der Waals surface area contributed by atoms with Crippen LogP contribution in [0.3, 0.4) is 0 Å². The number of aliphatic hydroxyl groups excluding tert-OH is 1. The Bertz CT molecular complexity index is 378. The van der Waals surface area contributed by atoms with E-state index in [9.17, 15) is 9.90 Å². The second kappa shape index (κ2) is 5.41. The molecule has 0 fully saturated rings. The number of hydrogen-bond donors (Lipinski definition) is 2. The lowest BCUT2D eigenvalue weighted by molar-refractivity contribution is 0.0847. The first-order valence-corrected chi connectivity index (χ1v) is 5.84. The van der Waals surface area contributed by atoms with Crippen LogP contribution in [0.2, 0.25) is 0 Å². The molecular weight excluding hydrogens is 272 g/mol. The Morgan fingerprint density at radius 3 is 2.81 bits per heavy atom. The van der Waals surface area contributed by atoms with Crippen molar-refractivity contribution >= 4 is 21.8 Å². The van der Waals surface area contributed by atoms with Crippen LogP contribution in [0.5, 0.6) is 0 Å². The molecule has 0 aliphatic carbocycles. The molecule has 1 heterocycles. The summed E-state index contributed by atoms with van der Waals surface area (Å²) < 4.78 is 0.752. The minimum atomic E-state index is -0.584. The molecule has 0 bridgehead atoms. The molecule has 88 valence electrons. The van der Waals surface area contributed by atoms with Gasteiger partial charge in [0.05, 0.1) is 17.7 Å². The maximum absolute atomic E-state index is 11.8. The summed E-state index contributed by atoms with van der Waals surface area (Å²) in [5.74, 6) is -0.229. The first-order valence-electron chi connectivity index (χ1n) is 5.04. The third kappa shape index (κ3) is 3.28. The first-order chi connectivity index (χ1) is 7.50.